The van der Waals surface area contributed by atoms with Gasteiger partial charge in [-0.05, 0) is 26.7 Å². The van der Waals surface area contributed by atoms with Crippen molar-refractivity contribution in [1.29, 1.82) is 0 Å². The third-order valence-corrected chi connectivity index (χ3v) is 5.09. The van der Waals surface area contributed by atoms with E-state index in [-0.39, 0.29) is 5.91 Å². The number of hydrogen-bond acceptors (Lipinski definition) is 6. The monoisotopic (exact) mass is 368 g/mol. The SMILES string of the molecule is CCn1c(CN2CCCCCC2=O)nnc1S[C@H](C)C(=O)NC(N)=O. The quantitative estimate of drug-likeness (QED) is 0.718. The lowest BCUT2D eigenvalue weighted by Crippen LogP contribution is -2.39. The zero-order chi connectivity index (χ0) is 18.4. The van der Waals surface area contributed by atoms with E-state index in [1.54, 1.807) is 6.92 Å². The van der Waals surface area contributed by atoms with Gasteiger partial charge in [0.1, 0.15) is 0 Å². The van der Waals surface area contributed by atoms with Crippen LogP contribution in [0, 0.1) is 0 Å². The van der Waals surface area contributed by atoms with Crippen molar-refractivity contribution in [3.8, 4) is 0 Å². The smallest absolute Gasteiger partial charge is 0.318 e. The van der Waals surface area contributed by atoms with Crippen LogP contribution < -0.4 is 11.1 Å². The molecular weight excluding hydrogens is 344 g/mol. The number of nitrogens with zero attached hydrogens (tertiary/aromatic N) is 4. The number of amides is 4. The second kappa shape index (κ2) is 8.84. The molecule has 1 atom stereocenters. The molecule has 0 radical (unpaired) electrons. The van der Waals surface area contributed by atoms with Gasteiger partial charge < -0.3 is 15.2 Å². The maximum Gasteiger partial charge on any atom is 0.318 e. The fraction of sp³-hybridized carbons (Fsp3) is 0.667. The van der Waals surface area contributed by atoms with Crippen molar-refractivity contribution in [3.05, 3.63) is 5.82 Å². The predicted molar refractivity (Wildman–Crippen MR) is 92.6 cm³/mol. The molecule has 0 spiro atoms. The van der Waals surface area contributed by atoms with Crippen molar-refractivity contribution >= 4 is 29.6 Å². The average Bonchev–Trinajstić information content (AvgIpc) is 2.81. The number of rotatable bonds is 6. The van der Waals surface area contributed by atoms with Gasteiger partial charge in [-0.2, -0.15) is 0 Å². The first-order chi connectivity index (χ1) is 11.9. The Labute approximate surface area is 150 Å². The van der Waals surface area contributed by atoms with Gasteiger partial charge in [0.05, 0.1) is 11.8 Å². The van der Waals surface area contributed by atoms with E-state index in [0.29, 0.717) is 30.5 Å². The normalized spacial score (nSPS) is 16.4. The van der Waals surface area contributed by atoms with Gasteiger partial charge in [0.15, 0.2) is 11.0 Å². The molecule has 0 saturated carbocycles. The molecule has 1 aliphatic heterocycles. The minimum atomic E-state index is -0.880. The number of primary amides is 1. The van der Waals surface area contributed by atoms with Crippen LogP contribution in [0.3, 0.4) is 0 Å². The Morgan fingerprint density at radius 3 is 2.76 bits per heavy atom. The van der Waals surface area contributed by atoms with Gasteiger partial charge >= 0.3 is 6.03 Å². The van der Waals surface area contributed by atoms with Crippen LogP contribution in [0.4, 0.5) is 4.79 Å². The molecule has 0 aliphatic carbocycles. The number of thioether (sulfide) groups is 1. The highest BCUT2D eigenvalue weighted by Crippen LogP contribution is 2.23. The van der Waals surface area contributed by atoms with Gasteiger partial charge in [-0.1, -0.05) is 18.2 Å². The fourth-order valence-corrected chi connectivity index (χ4v) is 3.58. The molecule has 2 heterocycles. The summed E-state index contributed by atoms with van der Waals surface area (Å²) in [4.78, 5) is 36.6. The summed E-state index contributed by atoms with van der Waals surface area (Å²) < 4.78 is 1.89. The first kappa shape index (κ1) is 19.2. The minimum Gasteiger partial charge on any atom is -0.351 e. The molecule has 1 fully saturated rings. The highest BCUT2D eigenvalue weighted by Gasteiger charge is 2.23. The van der Waals surface area contributed by atoms with Crippen molar-refractivity contribution in [1.82, 2.24) is 25.0 Å². The third kappa shape index (κ3) is 5.18. The van der Waals surface area contributed by atoms with Crippen LogP contribution in [0.5, 0.6) is 0 Å². The lowest BCUT2D eigenvalue weighted by Gasteiger charge is -2.20. The molecule has 0 aromatic carbocycles. The first-order valence-electron chi connectivity index (χ1n) is 8.39. The van der Waals surface area contributed by atoms with Crippen LogP contribution in [0.2, 0.25) is 0 Å². The first-order valence-corrected chi connectivity index (χ1v) is 9.27. The average molecular weight is 368 g/mol. The number of aromatic nitrogens is 3. The maximum absolute atomic E-state index is 12.2. The topological polar surface area (TPSA) is 123 Å². The van der Waals surface area contributed by atoms with Crippen molar-refractivity contribution in [2.24, 2.45) is 5.73 Å². The van der Waals surface area contributed by atoms with E-state index >= 15 is 0 Å². The number of urea groups is 1. The van der Waals surface area contributed by atoms with E-state index in [0.717, 1.165) is 25.8 Å². The predicted octanol–water partition coefficient (Wildman–Crippen LogP) is 0.876. The van der Waals surface area contributed by atoms with Gasteiger partial charge in [0.25, 0.3) is 0 Å². The van der Waals surface area contributed by atoms with Crippen molar-refractivity contribution < 1.29 is 14.4 Å². The van der Waals surface area contributed by atoms with Crippen LogP contribution in [-0.2, 0) is 22.7 Å². The summed E-state index contributed by atoms with van der Waals surface area (Å²) in [6, 6.07) is -0.880. The van der Waals surface area contributed by atoms with Crippen LogP contribution in [0.1, 0.15) is 45.4 Å². The van der Waals surface area contributed by atoms with Crippen molar-refractivity contribution in [2.45, 2.75) is 63.0 Å². The third-order valence-electron chi connectivity index (χ3n) is 4.01. The molecule has 1 aromatic rings. The van der Waals surface area contributed by atoms with Crippen LogP contribution in [0.15, 0.2) is 5.16 Å². The number of nitrogens with one attached hydrogen (secondary N) is 1. The Bertz CT molecular complexity index is 647. The fourth-order valence-electron chi connectivity index (χ4n) is 2.65. The van der Waals surface area contributed by atoms with Crippen LogP contribution in [-0.4, -0.2) is 49.3 Å². The van der Waals surface area contributed by atoms with Crippen molar-refractivity contribution in [3.63, 3.8) is 0 Å². The second-order valence-electron chi connectivity index (χ2n) is 5.88. The summed E-state index contributed by atoms with van der Waals surface area (Å²) in [5, 5.41) is 10.4. The van der Waals surface area contributed by atoms with E-state index in [1.807, 2.05) is 16.4 Å². The molecule has 10 heteroatoms. The summed E-state index contributed by atoms with van der Waals surface area (Å²) >= 11 is 1.20. The number of hydrogen-bond donors (Lipinski definition) is 2. The molecule has 3 N–H and O–H groups in total. The molecular formula is C15H24N6O3S. The van der Waals surface area contributed by atoms with E-state index in [9.17, 15) is 14.4 Å². The highest BCUT2D eigenvalue weighted by molar-refractivity contribution is 8.00. The lowest BCUT2D eigenvalue weighted by molar-refractivity contribution is -0.131. The Kier molecular flexibility index (Phi) is 6.80. The molecule has 1 aliphatic rings. The van der Waals surface area contributed by atoms with Gasteiger partial charge in [0.2, 0.25) is 11.8 Å². The standard InChI is InChI=1S/C15H24N6O3S/c1-3-21-11(9-20-8-6-4-5-7-12(20)22)18-19-15(21)25-10(2)13(23)17-14(16)24/h10H,3-9H2,1-2H3,(H3,16,17,23,24)/t10-/m1/s1. The summed E-state index contributed by atoms with van der Waals surface area (Å²) in [7, 11) is 0. The molecule has 0 bridgehead atoms. The molecule has 138 valence electrons. The molecule has 1 aromatic heterocycles. The summed E-state index contributed by atoms with van der Waals surface area (Å²) in [5.41, 5.74) is 4.96. The van der Waals surface area contributed by atoms with E-state index in [1.165, 1.54) is 11.8 Å². The molecule has 9 nitrogen and oxygen atoms in total. The highest BCUT2D eigenvalue weighted by atomic mass is 32.2. The Hall–Kier alpha value is -2.10. The summed E-state index contributed by atoms with van der Waals surface area (Å²) in [5.74, 6) is 0.363. The maximum atomic E-state index is 12.2. The van der Waals surface area contributed by atoms with Gasteiger partial charge in [0, 0.05) is 19.5 Å². The Morgan fingerprint density at radius 2 is 2.08 bits per heavy atom. The number of carbonyl (C=O) groups excluding carboxylic acids is 3. The van der Waals surface area contributed by atoms with Crippen LogP contribution >= 0.6 is 11.8 Å². The van der Waals surface area contributed by atoms with Crippen LogP contribution in [0.25, 0.3) is 0 Å². The molecule has 0 unspecified atom stereocenters. The zero-order valence-electron chi connectivity index (χ0n) is 14.5. The number of imide groups is 1. The molecule has 25 heavy (non-hydrogen) atoms. The van der Waals surface area contributed by atoms with E-state index in [4.69, 9.17) is 5.73 Å². The lowest BCUT2D eigenvalue weighted by atomic mass is 10.2. The number of carbonyl (C=O) groups is 3. The largest absolute Gasteiger partial charge is 0.351 e. The van der Waals surface area contributed by atoms with E-state index < -0.39 is 17.2 Å². The van der Waals surface area contributed by atoms with Gasteiger partial charge in [-0.3, -0.25) is 14.9 Å². The van der Waals surface area contributed by atoms with Gasteiger partial charge in [-0.15, -0.1) is 10.2 Å². The zero-order valence-corrected chi connectivity index (χ0v) is 15.3. The number of nitrogens with two attached hydrogens (primary N) is 1. The number of likely N-dealkylation sites (tertiary alicyclic amines) is 1. The van der Waals surface area contributed by atoms with Crippen molar-refractivity contribution in [2.75, 3.05) is 6.54 Å². The summed E-state index contributed by atoms with van der Waals surface area (Å²) in [6.45, 7) is 5.39. The molecule has 4 amide bonds. The Morgan fingerprint density at radius 1 is 1.32 bits per heavy atom. The Balaban J connectivity index is 2.08. The van der Waals surface area contributed by atoms with Gasteiger partial charge in [-0.25, -0.2) is 4.79 Å². The minimum absolute atomic E-state index is 0.145. The molecule has 1 saturated heterocycles. The van der Waals surface area contributed by atoms with E-state index in [2.05, 4.69) is 15.5 Å². The second-order valence-corrected chi connectivity index (χ2v) is 7.19. The molecule has 2 rings (SSSR count). The summed E-state index contributed by atoms with van der Waals surface area (Å²) in [6.07, 6.45) is 3.57.